The first-order valence-corrected chi connectivity index (χ1v) is 9.24. The molecule has 0 bridgehead atoms. The summed E-state index contributed by atoms with van der Waals surface area (Å²) in [4.78, 5) is 23.6. The lowest BCUT2D eigenvalue weighted by atomic mass is 9.82. The van der Waals surface area contributed by atoms with Crippen LogP contribution < -0.4 is 5.32 Å². The fourth-order valence-electron chi connectivity index (χ4n) is 3.12. The molecule has 25 heavy (non-hydrogen) atoms. The molecule has 1 N–H and O–H groups in total. The molecule has 0 aromatic heterocycles. The average Bonchev–Trinajstić information content (AvgIpc) is 3.09. The number of nitrogens with one attached hydrogen (secondary N) is 1. The van der Waals surface area contributed by atoms with Crippen molar-refractivity contribution in [2.75, 3.05) is 19.0 Å². The molecule has 136 valence electrons. The second-order valence-electron chi connectivity index (χ2n) is 6.26. The summed E-state index contributed by atoms with van der Waals surface area (Å²) in [6, 6.07) is 7.30. The fraction of sp³-hybridized carbons (Fsp3) is 0.474. The average molecular weight is 410 g/mol. The highest BCUT2D eigenvalue weighted by Gasteiger charge is 2.33. The zero-order chi connectivity index (χ0) is 18.2. The van der Waals surface area contributed by atoms with Crippen LogP contribution >= 0.6 is 15.9 Å². The first kappa shape index (κ1) is 19.5. The molecule has 0 saturated carbocycles. The van der Waals surface area contributed by atoms with E-state index in [0.717, 1.165) is 23.7 Å². The molecule has 1 aromatic rings. The molecule has 2 rings (SSSR count). The van der Waals surface area contributed by atoms with Crippen LogP contribution in [-0.4, -0.2) is 25.8 Å². The standard InChI is InChI=1S/C19H24BrNO4/c1-13(16-6-3-7-17(16)18(22)24-2)5-4-12-25-19(23)21-15-10-8-14(20)9-11-15/h3,7-11,13,16-17H,4-6,12H2,1-2H3,(H,21,23). The molecular weight excluding hydrogens is 386 g/mol. The smallest absolute Gasteiger partial charge is 0.411 e. The maximum Gasteiger partial charge on any atom is 0.411 e. The first-order valence-electron chi connectivity index (χ1n) is 8.45. The van der Waals surface area contributed by atoms with Gasteiger partial charge in [-0.1, -0.05) is 35.0 Å². The lowest BCUT2D eigenvalue weighted by molar-refractivity contribution is -0.145. The summed E-state index contributed by atoms with van der Waals surface area (Å²) in [6.07, 6.45) is 6.08. The Kier molecular flexibility index (Phi) is 7.50. The highest BCUT2D eigenvalue weighted by atomic mass is 79.9. The van der Waals surface area contributed by atoms with Gasteiger partial charge in [0.25, 0.3) is 0 Å². The number of amides is 1. The van der Waals surface area contributed by atoms with Gasteiger partial charge in [0.1, 0.15) is 0 Å². The monoisotopic (exact) mass is 409 g/mol. The van der Waals surface area contributed by atoms with Gasteiger partial charge in [-0.15, -0.1) is 0 Å². The number of halogens is 1. The van der Waals surface area contributed by atoms with Crippen molar-refractivity contribution in [3.8, 4) is 0 Å². The zero-order valence-corrected chi connectivity index (χ0v) is 16.1. The van der Waals surface area contributed by atoms with Crippen LogP contribution in [-0.2, 0) is 14.3 Å². The quantitative estimate of drug-likeness (QED) is 0.399. The van der Waals surface area contributed by atoms with Gasteiger partial charge in [0, 0.05) is 10.2 Å². The SMILES string of the molecule is COC(=O)C1C=CCC1C(C)CCCOC(=O)Nc1ccc(Br)cc1. The Hall–Kier alpha value is -1.82. The van der Waals surface area contributed by atoms with Crippen molar-refractivity contribution in [1.82, 2.24) is 0 Å². The Bertz CT molecular complexity index is 614. The number of carbonyl (C=O) groups is 2. The molecule has 0 fully saturated rings. The Morgan fingerprint density at radius 1 is 1.32 bits per heavy atom. The van der Waals surface area contributed by atoms with Crippen molar-refractivity contribution in [1.29, 1.82) is 0 Å². The van der Waals surface area contributed by atoms with Crippen molar-refractivity contribution in [3.05, 3.63) is 40.9 Å². The van der Waals surface area contributed by atoms with Gasteiger partial charge >= 0.3 is 12.1 Å². The first-order chi connectivity index (χ1) is 12.0. The van der Waals surface area contributed by atoms with E-state index in [1.807, 2.05) is 24.3 Å². The van der Waals surface area contributed by atoms with Gasteiger partial charge in [-0.05, 0) is 55.4 Å². The van der Waals surface area contributed by atoms with Gasteiger partial charge in [0.2, 0.25) is 0 Å². The molecule has 0 aliphatic heterocycles. The second kappa shape index (κ2) is 9.61. The summed E-state index contributed by atoms with van der Waals surface area (Å²) in [5.74, 6) is 0.304. The number of ether oxygens (including phenoxy) is 2. The van der Waals surface area contributed by atoms with Gasteiger partial charge in [-0.3, -0.25) is 10.1 Å². The number of allylic oxidation sites excluding steroid dienone is 1. The van der Waals surface area contributed by atoms with Gasteiger partial charge in [0.15, 0.2) is 0 Å². The fourth-order valence-corrected chi connectivity index (χ4v) is 3.38. The number of hydrogen-bond acceptors (Lipinski definition) is 4. The topological polar surface area (TPSA) is 64.6 Å². The van der Waals surface area contributed by atoms with Crippen molar-refractivity contribution >= 4 is 33.7 Å². The molecule has 5 nitrogen and oxygen atoms in total. The lowest BCUT2D eigenvalue weighted by Gasteiger charge is -2.24. The molecule has 1 aliphatic rings. The van der Waals surface area contributed by atoms with E-state index in [4.69, 9.17) is 9.47 Å². The minimum atomic E-state index is -0.454. The van der Waals surface area contributed by atoms with Crippen LogP contribution in [0.5, 0.6) is 0 Å². The molecule has 0 saturated heterocycles. The van der Waals surface area contributed by atoms with Crippen LogP contribution in [0.15, 0.2) is 40.9 Å². The van der Waals surface area contributed by atoms with Crippen LogP contribution in [0.2, 0.25) is 0 Å². The van der Waals surface area contributed by atoms with Crippen LogP contribution in [0.25, 0.3) is 0 Å². The molecule has 3 unspecified atom stereocenters. The number of hydrogen-bond donors (Lipinski definition) is 1. The molecule has 1 aromatic carbocycles. The highest BCUT2D eigenvalue weighted by molar-refractivity contribution is 9.10. The second-order valence-corrected chi connectivity index (χ2v) is 7.18. The number of anilines is 1. The van der Waals surface area contributed by atoms with Gasteiger partial charge < -0.3 is 9.47 Å². The largest absolute Gasteiger partial charge is 0.469 e. The highest BCUT2D eigenvalue weighted by Crippen LogP contribution is 2.34. The third kappa shape index (κ3) is 5.88. The summed E-state index contributed by atoms with van der Waals surface area (Å²) in [6.45, 7) is 2.49. The molecule has 0 heterocycles. The molecule has 3 atom stereocenters. The van der Waals surface area contributed by atoms with Crippen LogP contribution in [0, 0.1) is 17.8 Å². The van der Waals surface area contributed by atoms with Crippen LogP contribution in [0.4, 0.5) is 10.5 Å². The minimum absolute atomic E-state index is 0.151. The summed E-state index contributed by atoms with van der Waals surface area (Å²) in [7, 11) is 1.42. The van der Waals surface area contributed by atoms with Crippen molar-refractivity contribution in [2.24, 2.45) is 17.8 Å². The van der Waals surface area contributed by atoms with Crippen molar-refractivity contribution in [3.63, 3.8) is 0 Å². The molecular formula is C19H24BrNO4. The van der Waals surface area contributed by atoms with Crippen LogP contribution in [0.1, 0.15) is 26.2 Å². The number of carbonyl (C=O) groups excluding carboxylic acids is 2. The summed E-state index contributed by atoms with van der Waals surface area (Å²) >= 11 is 3.34. The predicted octanol–water partition coefficient (Wildman–Crippen LogP) is 4.78. The molecule has 1 amide bonds. The Morgan fingerprint density at radius 2 is 2.04 bits per heavy atom. The van der Waals surface area contributed by atoms with E-state index in [0.29, 0.717) is 18.2 Å². The summed E-state index contributed by atoms with van der Waals surface area (Å²) in [5, 5.41) is 2.69. The Labute approximate surface area is 156 Å². The summed E-state index contributed by atoms with van der Waals surface area (Å²) in [5.41, 5.74) is 0.694. The lowest BCUT2D eigenvalue weighted by Crippen LogP contribution is -2.25. The van der Waals surface area contributed by atoms with Crippen molar-refractivity contribution < 1.29 is 19.1 Å². The van der Waals surface area contributed by atoms with E-state index < -0.39 is 6.09 Å². The molecule has 0 spiro atoms. The Balaban J connectivity index is 1.67. The van der Waals surface area contributed by atoms with E-state index in [9.17, 15) is 9.59 Å². The zero-order valence-electron chi connectivity index (χ0n) is 14.5. The van der Waals surface area contributed by atoms with E-state index in [1.54, 1.807) is 12.1 Å². The number of methoxy groups -OCH3 is 1. The van der Waals surface area contributed by atoms with E-state index >= 15 is 0 Å². The van der Waals surface area contributed by atoms with E-state index in [-0.39, 0.29) is 17.8 Å². The number of esters is 1. The maximum atomic E-state index is 11.8. The third-order valence-electron chi connectivity index (χ3n) is 4.54. The minimum Gasteiger partial charge on any atom is -0.469 e. The third-order valence-corrected chi connectivity index (χ3v) is 5.07. The molecule has 0 radical (unpaired) electrons. The van der Waals surface area contributed by atoms with Crippen molar-refractivity contribution in [2.45, 2.75) is 26.2 Å². The maximum absolute atomic E-state index is 11.8. The number of benzene rings is 1. The molecule has 6 heteroatoms. The predicted molar refractivity (Wildman–Crippen MR) is 100 cm³/mol. The van der Waals surface area contributed by atoms with E-state index in [2.05, 4.69) is 28.2 Å². The van der Waals surface area contributed by atoms with Gasteiger partial charge in [-0.2, -0.15) is 0 Å². The molecule has 1 aliphatic carbocycles. The normalized spacial score (nSPS) is 20.1. The Morgan fingerprint density at radius 3 is 2.72 bits per heavy atom. The van der Waals surface area contributed by atoms with Gasteiger partial charge in [0.05, 0.1) is 19.6 Å². The summed E-state index contributed by atoms with van der Waals surface area (Å²) < 4.78 is 11.0. The van der Waals surface area contributed by atoms with Crippen LogP contribution in [0.3, 0.4) is 0 Å². The van der Waals surface area contributed by atoms with E-state index in [1.165, 1.54) is 7.11 Å². The number of rotatable bonds is 7. The van der Waals surface area contributed by atoms with Gasteiger partial charge in [-0.25, -0.2) is 4.79 Å².